The summed E-state index contributed by atoms with van der Waals surface area (Å²) in [5.41, 5.74) is 1.73. The van der Waals surface area contributed by atoms with Crippen LogP contribution < -0.4 is 10.2 Å². The zero-order chi connectivity index (χ0) is 20.1. The molecule has 0 saturated carbocycles. The maximum atomic E-state index is 13.5. The van der Waals surface area contributed by atoms with Crippen LogP contribution in [-0.2, 0) is 16.0 Å². The van der Waals surface area contributed by atoms with Gasteiger partial charge in [0.15, 0.2) is 5.82 Å². The van der Waals surface area contributed by atoms with Crippen molar-refractivity contribution in [2.24, 2.45) is 0 Å². The molecule has 2 aromatic rings. The zero-order valence-corrected chi connectivity index (χ0v) is 16.8. The smallest absolute Gasteiger partial charge is 0.227 e. The van der Waals surface area contributed by atoms with Crippen molar-refractivity contribution in [2.45, 2.75) is 50.6 Å². The summed E-state index contributed by atoms with van der Waals surface area (Å²) < 4.78 is 13.5. The normalized spacial score (nSPS) is 15.8. The number of thioether (sulfide) groups is 1. The van der Waals surface area contributed by atoms with Gasteiger partial charge in [0.1, 0.15) is 10.8 Å². The van der Waals surface area contributed by atoms with E-state index < -0.39 is 0 Å². The molecule has 0 radical (unpaired) electrons. The second-order valence-corrected chi connectivity index (χ2v) is 7.93. The lowest BCUT2D eigenvalue weighted by Crippen LogP contribution is -2.42. The van der Waals surface area contributed by atoms with Gasteiger partial charge in [-0.05, 0) is 62.1 Å². The average Bonchev–Trinajstić information content (AvgIpc) is 2.66. The van der Waals surface area contributed by atoms with Crippen molar-refractivity contribution in [3.8, 4) is 0 Å². The molecule has 0 fully saturated rings. The minimum Gasteiger partial charge on any atom is -0.309 e. The first-order chi connectivity index (χ1) is 13.4. The fourth-order valence-electron chi connectivity index (χ4n) is 3.27. The Hall–Kier alpha value is -2.48. The van der Waals surface area contributed by atoms with Crippen LogP contribution >= 0.6 is 11.8 Å². The van der Waals surface area contributed by atoms with E-state index >= 15 is 0 Å². The average molecular weight is 402 g/mol. The Kier molecular flexibility index (Phi) is 6.61. The third-order valence-electron chi connectivity index (χ3n) is 4.57. The number of nitrogens with one attached hydrogen (secondary N) is 1. The molecule has 148 valence electrons. The molecule has 2 heterocycles. The van der Waals surface area contributed by atoms with Crippen molar-refractivity contribution in [1.82, 2.24) is 10.2 Å². The highest BCUT2D eigenvalue weighted by Crippen LogP contribution is 2.32. The van der Waals surface area contributed by atoms with Gasteiger partial charge in [-0.3, -0.25) is 9.59 Å². The lowest BCUT2D eigenvalue weighted by atomic mass is 9.96. The third kappa shape index (κ3) is 5.07. The van der Waals surface area contributed by atoms with Gasteiger partial charge in [-0.15, -0.1) is 22.0 Å². The Morgan fingerprint density at radius 3 is 2.82 bits per heavy atom. The molecule has 0 unspecified atom stereocenters. The number of nitrogens with zero attached hydrogens (tertiary/aromatic N) is 3. The van der Waals surface area contributed by atoms with Crippen LogP contribution in [0.3, 0.4) is 0 Å². The molecule has 1 N–H and O–H groups in total. The molecule has 0 spiro atoms. The van der Waals surface area contributed by atoms with Gasteiger partial charge in [-0.1, -0.05) is 0 Å². The van der Waals surface area contributed by atoms with Crippen LogP contribution in [0.25, 0.3) is 0 Å². The van der Waals surface area contributed by atoms with E-state index in [9.17, 15) is 14.0 Å². The van der Waals surface area contributed by atoms with Crippen LogP contribution in [0.5, 0.6) is 0 Å². The van der Waals surface area contributed by atoms with E-state index in [4.69, 9.17) is 0 Å². The van der Waals surface area contributed by atoms with E-state index in [1.165, 1.54) is 30.8 Å². The van der Waals surface area contributed by atoms with Crippen molar-refractivity contribution in [1.29, 1.82) is 0 Å². The molecule has 0 aliphatic carbocycles. The Morgan fingerprint density at radius 2 is 2.11 bits per heavy atom. The lowest BCUT2D eigenvalue weighted by Gasteiger charge is -2.35. The van der Waals surface area contributed by atoms with E-state index in [2.05, 4.69) is 15.5 Å². The van der Waals surface area contributed by atoms with E-state index in [-0.39, 0.29) is 23.7 Å². The topological polar surface area (TPSA) is 75.2 Å². The standard InChI is InChI=1S/C20H23FN4O2S/c1-13-5-6-15-12-16(21)7-8-17(15)25(13)20(27)4-3-11-28-19-10-9-18(23-24-19)22-14(2)26/h7-10,12-13H,3-6,11H2,1-2H3,(H,22,23,26)/t13-/m1/s1. The molecular weight excluding hydrogens is 379 g/mol. The number of aromatic nitrogens is 2. The predicted molar refractivity (Wildman–Crippen MR) is 108 cm³/mol. The summed E-state index contributed by atoms with van der Waals surface area (Å²) >= 11 is 1.52. The number of amides is 2. The van der Waals surface area contributed by atoms with E-state index in [1.54, 1.807) is 18.2 Å². The monoisotopic (exact) mass is 402 g/mol. The molecule has 8 heteroatoms. The molecule has 0 saturated heterocycles. The third-order valence-corrected chi connectivity index (χ3v) is 5.58. The molecule has 2 amide bonds. The summed E-state index contributed by atoms with van der Waals surface area (Å²) in [5.74, 6) is 0.763. The van der Waals surface area contributed by atoms with Crippen LogP contribution in [0.15, 0.2) is 35.4 Å². The molecule has 28 heavy (non-hydrogen) atoms. The summed E-state index contributed by atoms with van der Waals surface area (Å²) in [5, 5.41) is 11.3. The fraction of sp³-hybridized carbons (Fsp3) is 0.400. The second kappa shape index (κ2) is 9.14. The largest absolute Gasteiger partial charge is 0.309 e. The quantitative estimate of drug-likeness (QED) is 0.587. The van der Waals surface area contributed by atoms with Gasteiger partial charge in [0.25, 0.3) is 0 Å². The highest BCUT2D eigenvalue weighted by molar-refractivity contribution is 7.99. The SMILES string of the molecule is CC(=O)Nc1ccc(SCCCC(=O)N2c3ccc(F)cc3CC[C@H]2C)nn1. The van der Waals surface area contributed by atoms with Crippen molar-refractivity contribution in [3.05, 3.63) is 41.7 Å². The van der Waals surface area contributed by atoms with E-state index in [0.29, 0.717) is 18.7 Å². The highest BCUT2D eigenvalue weighted by Gasteiger charge is 2.27. The summed E-state index contributed by atoms with van der Waals surface area (Å²) in [6.07, 6.45) is 2.76. The molecule has 0 bridgehead atoms. The first-order valence-corrected chi connectivity index (χ1v) is 10.3. The number of hydrogen-bond acceptors (Lipinski definition) is 5. The lowest BCUT2D eigenvalue weighted by molar-refractivity contribution is -0.119. The Labute approximate surface area is 167 Å². The molecule has 1 aliphatic rings. The summed E-state index contributed by atoms with van der Waals surface area (Å²) in [7, 11) is 0. The number of carbonyl (C=O) groups excluding carboxylic acids is 2. The van der Waals surface area contributed by atoms with Crippen LogP contribution in [-0.4, -0.2) is 33.8 Å². The summed E-state index contributed by atoms with van der Waals surface area (Å²) in [4.78, 5) is 25.6. The number of rotatable bonds is 6. The number of carbonyl (C=O) groups is 2. The molecule has 3 rings (SSSR count). The molecule has 1 atom stereocenters. The Morgan fingerprint density at radius 1 is 1.29 bits per heavy atom. The van der Waals surface area contributed by atoms with Gasteiger partial charge in [-0.25, -0.2) is 4.39 Å². The van der Waals surface area contributed by atoms with E-state index in [0.717, 1.165) is 34.9 Å². The van der Waals surface area contributed by atoms with Crippen LogP contribution in [0.4, 0.5) is 15.9 Å². The van der Waals surface area contributed by atoms with Crippen molar-refractivity contribution >= 4 is 35.1 Å². The minimum absolute atomic E-state index is 0.0627. The second-order valence-electron chi connectivity index (χ2n) is 6.81. The molecule has 6 nitrogen and oxygen atoms in total. The zero-order valence-electron chi connectivity index (χ0n) is 15.9. The van der Waals surface area contributed by atoms with Gasteiger partial charge >= 0.3 is 0 Å². The summed E-state index contributed by atoms with van der Waals surface area (Å²) in [6, 6.07) is 8.26. The Bertz CT molecular complexity index is 860. The molecular formula is C20H23FN4O2S. The molecule has 1 aliphatic heterocycles. The predicted octanol–water partition coefficient (Wildman–Crippen LogP) is 3.81. The number of benzene rings is 1. The van der Waals surface area contributed by atoms with Gasteiger partial charge in [-0.2, -0.15) is 0 Å². The number of fused-ring (bicyclic) bond motifs is 1. The van der Waals surface area contributed by atoms with Gasteiger partial charge < -0.3 is 10.2 Å². The van der Waals surface area contributed by atoms with Crippen molar-refractivity contribution < 1.29 is 14.0 Å². The molecule has 1 aromatic carbocycles. The number of hydrogen-bond donors (Lipinski definition) is 1. The van der Waals surface area contributed by atoms with Crippen LogP contribution in [0.2, 0.25) is 0 Å². The minimum atomic E-state index is -0.261. The van der Waals surface area contributed by atoms with Gasteiger partial charge in [0, 0.05) is 30.8 Å². The van der Waals surface area contributed by atoms with Gasteiger partial charge in [0.2, 0.25) is 11.8 Å². The highest BCUT2D eigenvalue weighted by atomic mass is 32.2. The first kappa shape index (κ1) is 20.3. The summed E-state index contributed by atoms with van der Waals surface area (Å²) in [6.45, 7) is 3.45. The molecule has 1 aromatic heterocycles. The maximum Gasteiger partial charge on any atom is 0.227 e. The van der Waals surface area contributed by atoms with Crippen molar-refractivity contribution in [2.75, 3.05) is 16.0 Å². The fourth-order valence-corrected chi connectivity index (χ4v) is 4.03. The number of anilines is 2. The van der Waals surface area contributed by atoms with Gasteiger partial charge in [0.05, 0.1) is 0 Å². The Balaban J connectivity index is 1.51. The van der Waals surface area contributed by atoms with Crippen molar-refractivity contribution in [3.63, 3.8) is 0 Å². The number of aryl methyl sites for hydroxylation is 1. The maximum absolute atomic E-state index is 13.5. The first-order valence-electron chi connectivity index (χ1n) is 9.28. The van der Waals surface area contributed by atoms with Crippen LogP contribution in [0.1, 0.15) is 38.7 Å². The van der Waals surface area contributed by atoms with Crippen LogP contribution in [0, 0.1) is 5.82 Å². The number of halogens is 1. The van der Waals surface area contributed by atoms with E-state index in [1.807, 2.05) is 11.8 Å².